The molecule has 2 aliphatic heterocycles. The van der Waals surface area contributed by atoms with Crippen LogP contribution in [0, 0.1) is 5.41 Å². The molecular weight excluding hydrogens is 250 g/mol. The van der Waals surface area contributed by atoms with Crippen molar-refractivity contribution in [2.75, 3.05) is 6.61 Å². The van der Waals surface area contributed by atoms with Gasteiger partial charge < -0.3 is 9.64 Å². The molecule has 2 heterocycles. The first kappa shape index (κ1) is 13.4. The fraction of sp³-hybridized carbons (Fsp3) is 0.471. The van der Waals surface area contributed by atoms with Crippen molar-refractivity contribution < 1.29 is 9.53 Å². The van der Waals surface area contributed by atoms with Gasteiger partial charge in [0.15, 0.2) is 0 Å². The molecule has 1 aromatic rings. The Bertz CT molecular complexity index is 513. The van der Waals surface area contributed by atoms with Gasteiger partial charge in [-0.05, 0) is 24.8 Å². The summed E-state index contributed by atoms with van der Waals surface area (Å²) >= 11 is 0. The molecule has 106 valence electrons. The largest absolute Gasteiger partial charge is 0.356 e. The summed E-state index contributed by atoms with van der Waals surface area (Å²) in [4.78, 5) is 14.9. The van der Waals surface area contributed by atoms with E-state index in [9.17, 15) is 4.79 Å². The number of piperidine rings is 1. The highest BCUT2D eigenvalue weighted by Crippen LogP contribution is 2.45. The monoisotopic (exact) mass is 271 g/mol. The van der Waals surface area contributed by atoms with Crippen LogP contribution in [0.15, 0.2) is 43.0 Å². The number of amides is 1. The molecule has 3 nitrogen and oxygen atoms in total. The zero-order chi connectivity index (χ0) is 14.2. The number of carbonyl (C=O) groups is 1. The summed E-state index contributed by atoms with van der Waals surface area (Å²) in [6.45, 7) is 6.56. The van der Waals surface area contributed by atoms with Gasteiger partial charge in [0, 0.05) is 0 Å². The fourth-order valence-corrected chi connectivity index (χ4v) is 3.40. The number of rotatable bonds is 3. The highest BCUT2D eigenvalue weighted by molar-refractivity contribution is 5.86. The van der Waals surface area contributed by atoms with Crippen LogP contribution in [-0.4, -0.2) is 23.6 Å². The van der Waals surface area contributed by atoms with Gasteiger partial charge in [0.25, 0.3) is 0 Å². The van der Waals surface area contributed by atoms with Gasteiger partial charge in [-0.1, -0.05) is 43.3 Å². The fourth-order valence-electron chi connectivity index (χ4n) is 3.40. The van der Waals surface area contributed by atoms with E-state index in [2.05, 4.69) is 25.6 Å². The molecule has 2 aliphatic rings. The highest BCUT2D eigenvalue weighted by atomic mass is 16.5. The Hall–Kier alpha value is -1.61. The zero-order valence-electron chi connectivity index (χ0n) is 11.9. The maximum Gasteiger partial charge on any atom is 0.235 e. The molecule has 0 radical (unpaired) electrons. The second-order valence-electron chi connectivity index (χ2n) is 5.68. The number of benzene rings is 1. The van der Waals surface area contributed by atoms with Crippen molar-refractivity contribution in [2.24, 2.45) is 5.41 Å². The van der Waals surface area contributed by atoms with Crippen molar-refractivity contribution in [1.82, 2.24) is 4.90 Å². The summed E-state index contributed by atoms with van der Waals surface area (Å²) in [5, 5.41) is 0. The smallest absolute Gasteiger partial charge is 0.235 e. The first-order valence-corrected chi connectivity index (χ1v) is 7.35. The number of carbonyl (C=O) groups excluding carboxylic acids is 1. The van der Waals surface area contributed by atoms with Gasteiger partial charge in [0.1, 0.15) is 6.23 Å². The lowest BCUT2D eigenvalue weighted by Crippen LogP contribution is -2.51. The maximum atomic E-state index is 12.9. The first-order chi connectivity index (χ1) is 9.72. The molecule has 1 aromatic carbocycles. The molecule has 1 amide bonds. The maximum absolute atomic E-state index is 12.9. The van der Waals surface area contributed by atoms with Crippen molar-refractivity contribution in [3.63, 3.8) is 0 Å². The quantitative estimate of drug-likeness (QED) is 0.789. The van der Waals surface area contributed by atoms with E-state index in [-0.39, 0.29) is 18.2 Å². The van der Waals surface area contributed by atoms with Gasteiger partial charge in [-0.2, -0.15) is 0 Å². The summed E-state index contributed by atoms with van der Waals surface area (Å²) < 4.78 is 5.85. The molecule has 0 N–H and O–H groups in total. The van der Waals surface area contributed by atoms with E-state index in [1.807, 2.05) is 29.2 Å². The Morgan fingerprint density at radius 1 is 1.45 bits per heavy atom. The average molecular weight is 271 g/mol. The molecule has 0 aliphatic carbocycles. The molecule has 0 saturated carbocycles. The van der Waals surface area contributed by atoms with E-state index >= 15 is 0 Å². The van der Waals surface area contributed by atoms with Crippen LogP contribution in [0.3, 0.4) is 0 Å². The second-order valence-corrected chi connectivity index (χ2v) is 5.68. The first-order valence-electron chi connectivity index (χ1n) is 7.35. The average Bonchev–Trinajstić information content (AvgIpc) is 2.94. The van der Waals surface area contributed by atoms with E-state index in [1.165, 1.54) is 0 Å². The van der Waals surface area contributed by atoms with Crippen LogP contribution < -0.4 is 0 Å². The molecule has 0 unspecified atom stereocenters. The number of ether oxygens (including phenoxy) is 1. The summed E-state index contributed by atoms with van der Waals surface area (Å²) in [5.74, 6) is 0.178. The molecule has 0 aromatic heterocycles. The molecule has 3 atom stereocenters. The third-order valence-electron chi connectivity index (χ3n) is 4.80. The van der Waals surface area contributed by atoms with Gasteiger partial charge in [0.05, 0.1) is 18.1 Å². The van der Waals surface area contributed by atoms with Gasteiger partial charge in [-0.25, -0.2) is 0 Å². The summed E-state index contributed by atoms with van der Waals surface area (Å²) in [6.07, 6.45) is 4.32. The molecule has 3 rings (SSSR count). The van der Waals surface area contributed by atoms with Crippen molar-refractivity contribution >= 4 is 5.91 Å². The molecule has 2 fully saturated rings. The molecule has 0 spiro atoms. The van der Waals surface area contributed by atoms with Gasteiger partial charge in [0.2, 0.25) is 5.91 Å². The van der Waals surface area contributed by atoms with E-state index in [1.54, 1.807) is 0 Å². The number of hydrogen-bond donors (Lipinski definition) is 0. The lowest BCUT2D eigenvalue weighted by Gasteiger charge is -2.42. The van der Waals surface area contributed by atoms with E-state index in [0.29, 0.717) is 6.61 Å². The van der Waals surface area contributed by atoms with E-state index < -0.39 is 5.41 Å². The van der Waals surface area contributed by atoms with E-state index in [4.69, 9.17) is 4.74 Å². The molecule has 3 heteroatoms. The third-order valence-corrected chi connectivity index (χ3v) is 4.80. The molecule has 2 saturated heterocycles. The lowest BCUT2D eigenvalue weighted by molar-refractivity contribution is -0.154. The van der Waals surface area contributed by atoms with Crippen molar-refractivity contribution in [2.45, 2.75) is 38.5 Å². The second kappa shape index (κ2) is 5.06. The van der Waals surface area contributed by atoms with Crippen molar-refractivity contribution in [3.05, 3.63) is 48.6 Å². The van der Waals surface area contributed by atoms with Crippen molar-refractivity contribution in [1.29, 1.82) is 0 Å². The number of hydrogen-bond acceptors (Lipinski definition) is 2. The standard InChI is InChI=1S/C17H21NO2/c1-3-17(4-2)11-10-15-18(16(17)19)14(12-20-15)13-8-6-5-7-9-13/h3,5-9,14-15H,1,4,10-12H2,2H3/t14-,15-,17+/m0/s1. The predicted octanol–water partition coefficient (Wildman–Crippen LogP) is 3.29. The van der Waals surface area contributed by atoms with Crippen LogP contribution in [0.25, 0.3) is 0 Å². The van der Waals surface area contributed by atoms with Crippen LogP contribution in [0.1, 0.15) is 37.8 Å². The Balaban J connectivity index is 1.94. The van der Waals surface area contributed by atoms with Gasteiger partial charge >= 0.3 is 0 Å². The molecule has 20 heavy (non-hydrogen) atoms. The Labute approximate surface area is 120 Å². The van der Waals surface area contributed by atoms with Gasteiger partial charge in [-0.3, -0.25) is 4.79 Å². The minimum atomic E-state index is -0.406. The van der Waals surface area contributed by atoms with Gasteiger partial charge in [-0.15, -0.1) is 6.58 Å². The third kappa shape index (κ3) is 1.88. The Kier molecular flexibility index (Phi) is 3.38. The number of nitrogens with zero attached hydrogens (tertiary/aromatic N) is 1. The summed E-state index contributed by atoms with van der Waals surface area (Å²) in [6, 6.07) is 10.2. The van der Waals surface area contributed by atoms with Crippen LogP contribution in [-0.2, 0) is 9.53 Å². The predicted molar refractivity (Wildman–Crippen MR) is 77.9 cm³/mol. The Morgan fingerprint density at radius 3 is 2.85 bits per heavy atom. The minimum Gasteiger partial charge on any atom is -0.356 e. The van der Waals surface area contributed by atoms with Crippen molar-refractivity contribution in [3.8, 4) is 0 Å². The van der Waals surface area contributed by atoms with Crippen LogP contribution in [0.2, 0.25) is 0 Å². The summed E-state index contributed by atoms with van der Waals surface area (Å²) in [7, 11) is 0. The molecular formula is C17H21NO2. The summed E-state index contributed by atoms with van der Waals surface area (Å²) in [5.41, 5.74) is 0.747. The molecule has 0 bridgehead atoms. The normalized spacial score (nSPS) is 33.0. The highest BCUT2D eigenvalue weighted by Gasteiger charge is 2.50. The van der Waals surface area contributed by atoms with Crippen LogP contribution in [0.5, 0.6) is 0 Å². The Morgan fingerprint density at radius 2 is 2.20 bits per heavy atom. The van der Waals surface area contributed by atoms with Crippen LogP contribution >= 0.6 is 0 Å². The topological polar surface area (TPSA) is 29.5 Å². The zero-order valence-corrected chi connectivity index (χ0v) is 11.9. The van der Waals surface area contributed by atoms with Crippen LogP contribution in [0.4, 0.5) is 0 Å². The van der Waals surface area contributed by atoms with E-state index in [0.717, 1.165) is 24.8 Å². The minimum absolute atomic E-state index is 0.0416. The lowest BCUT2D eigenvalue weighted by atomic mass is 9.76. The SMILES string of the molecule is C=C[C@@]1(CC)CC[C@@H]2OC[C@@H](c3ccccc3)N2C1=O. The number of fused-ring (bicyclic) bond motifs is 1.